The number of fused-ring (bicyclic) bond motifs is 2. The molecule has 2 aromatic rings. The molecule has 2 bridgehead atoms. The summed E-state index contributed by atoms with van der Waals surface area (Å²) in [5.74, 6) is 0. The van der Waals surface area contributed by atoms with Gasteiger partial charge in [0.1, 0.15) is 0 Å². The summed E-state index contributed by atoms with van der Waals surface area (Å²) in [7, 11) is 0. The second kappa shape index (κ2) is 8.19. The Morgan fingerprint density at radius 2 is 1.46 bits per heavy atom. The molecule has 2 aliphatic heterocycles. The number of hydrogen-bond donors (Lipinski definition) is 2. The molecule has 2 atom stereocenters. The van der Waals surface area contributed by atoms with Crippen LogP contribution >= 0.6 is 12.2 Å². The first-order chi connectivity index (χ1) is 12.8. The summed E-state index contributed by atoms with van der Waals surface area (Å²) in [5, 5.41) is 7.71. The maximum atomic E-state index is 5.53. The van der Waals surface area contributed by atoms with E-state index in [1.54, 1.807) is 0 Å². The van der Waals surface area contributed by atoms with E-state index < -0.39 is 0 Å². The molecule has 0 saturated carbocycles. The Morgan fingerprint density at radius 1 is 0.885 bits per heavy atom. The minimum absolute atomic E-state index is 0.496. The lowest BCUT2D eigenvalue weighted by Crippen LogP contribution is -2.51. The van der Waals surface area contributed by atoms with Crippen molar-refractivity contribution in [3.05, 3.63) is 71.8 Å². The number of hydrogen-bond acceptors (Lipinski definition) is 2. The van der Waals surface area contributed by atoms with E-state index >= 15 is 0 Å². The van der Waals surface area contributed by atoms with Gasteiger partial charge in [0.25, 0.3) is 0 Å². The molecule has 136 valence electrons. The molecule has 0 spiro atoms. The van der Waals surface area contributed by atoms with Crippen LogP contribution in [0, 0.1) is 0 Å². The molecule has 0 unspecified atom stereocenters. The van der Waals surface area contributed by atoms with E-state index in [-0.39, 0.29) is 0 Å². The predicted molar refractivity (Wildman–Crippen MR) is 111 cm³/mol. The summed E-state index contributed by atoms with van der Waals surface area (Å²) >= 11 is 5.53. The maximum absolute atomic E-state index is 5.53. The molecule has 26 heavy (non-hydrogen) atoms. The van der Waals surface area contributed by atoms with Gasteiger partial charge in [-0.05, 0) is 49.0 Å². The number of piperidine rings is 1. The van der Waals surface area contributed by atoms with E-state index in [1.807, 2.05) is 6.07 Å². The Balaban J connectivity index is 1.28. The molecule has 4 heteroatoms. The molecule has 4 rings (SSSR count). The Labute approximate surface area is 161 Å². The minimum atomic E-state index is 0.496. The first-order valence-electron chi connectivity index (χ1n) is 9.66. The highest BCUT2D eigenvalue weighted by molar-refractivity contribution is 7.80. The van der Waals surface area contributed by atoms with Crippen LogP contribution in [0.15, 0.2) is 60.7 Å². The zero-order valence-electron chi connectivity index (χ0n) is 15.1. The highest BCUT2D eigenvalue weighted by Crippen LogP contribution is 2.36. The second-order valence-corrected chi connectivity index (χ2v) is 7.93. The fraction of sp³-hybridized carbons (Fsp3) is 0.409. The fourth-order valence-electron chi connectivity index (χ4n) is 4.46. The van der Waals surface area contributed by atoms with Gasteiger partial charge in [-0.15, -0.1) is 0 Å². The Bertz CT molecular complexity index is 705. The summed E-state index contributed by atoms with van der Waals surface area (Å²) < 4.78 is 0. The van der Waals surface area contributed by atoms with E-state index in [4.69, 9.17) is 12.2 Å². The smallest absolute Gasteiger partial charge is 0.166 e. The number of rotatable bonds is 5. The topological polar surface area (TPSA) is 27.3 Å². The lowest BCUT2D eigenvalue weighted by molar-refractivity contribution is 0.115. The maximum Gasteiger partial charge on any atom is 0.166 e. The number of nitrogens with zero attached hydrogens (tertiary/aromatic N) is 1. The van der Waals surface area contributed by atoms with Crippen LogP contribution in [-0.2, 0) is 13.1 Å². The first-order valence-corrected chi connectivity index (χ1v) is 10.1. The Morgan fingerprint density at radius 3 is 2.08 bits per heavy atom. The molecule has 2 aromatic carbocycles. The highest BCUT2D eigenvalue weighted by atomic mass is 32.1. The van der Waals surface area contributed by atoms with Crippen LogP contribution in [0.3, 0.4) is 0 Å². The monoisotopic (exact) mass is 365 g/mol. The van der Waals surface area contributed by atoms with Gasteiger partial charge in [-0.1, -0.05) is 60.7 Å². The normalized spacial score (nSPS) is 25.0. The molecular formula is C22H27N3S. The van der Waals surface area contributed by atoms with Crippen LogP contribution < -0.4 is 10.6 Å². The van der Waals surface area contributed by atoms with Crippen molar-refractivity contribution in [1.82, 2.24) is 15.5 Å². The molecule has 2 aliphatic rings. The van der Waals surface area contributed by atoms with Crippen LogP contribution in [0.4, 0.5) is 0 Å². The molecular weight excluding hydrogens is 338 g/mol. The average Bonchev–Trinajstić information content (AvgIpc) is 2.90. The van der Waals surface area contributed by atoms with E-state index in [0.717, 1.165) is 18.2 Å². The third kappa shape index (κ3) is 4.25. The van der Waals surface area contributed by atoms with Crippen LogP contribution in [0.2, 0.25) is 0 Å². The van der Waals surface area contributed by atoms with Crippen molar-refractivity contribution in [2.24, 2.45) is 0 Å². The summed E-state index contributed by atoms with van der Waals surface area (Å²) in [6, 6.07) is 23.1. The molecule has 2 heterocycles. The summed E-state index contributed by atoms with van der Waals surface area (Å²) in [6.45, 7) is 1.87. The van der Waals surface area contributed by atoms with Crippen molar-refractivity contribution in [1.29, 1.82) is 0 Å². The van der Waals surface area contributed by atoms with Crippen molar-refractivity contribution in [3.63, 3.8) is 0 Å². The highest BCUT2D eigenvalue weighted by Gasteiger charge is 2.40. The predicted octanol–water partition coefficient (Wildman–Crippen LogP) is 3.85. The van der Waals surface area contributed by atoms with Gasteiger partial charge < -0.3 is 10.6 Å². The lowest BCUT2D eigenvalue weighted by atomic mass is 9.96. The Kier molecular flexibility index (Phi) is 5.51. The van der Waals surface area contributed by atoms with Gasteiger partial charge in [0, 0.05) is 31.2 Å². The van der Waals surface area contributed by atoms with Crippen LogP contribution in [-0.4, -0.2) is 28.1 Å². The molecule has 0 amide bonds. The van der Waals surface area contributed by atoms with Crippen molar-refractivity contribution >= 4 is 17.3 Å². The van der Waals surface area contributed by atoms with Crippen molar-refractivity contribution < 1.29 is 0 Å². The summed E-state index contributed by atoms with van der Waals surface area (Å²) in [5.41, 5.74) is 2.69. The zero-order valence-corrected chi connectivity index (χ0v) is 15.9. The van der Waals surface area contributed by atoms with Gasteiger partial charge in [0.05, 0.1) is 0 Å². The number of nitrogens with one attached hydrogen (secondary N) is 2. The molecule has 2 N–H and O–H groups in total. The van der Waals surface area contributed by atoms with E-state index in [1.165, 1.54) is 36.8 Å². The number of benzene rings is 2. The molecule has 2 saturated heterocycles. The van der Waals surface area contributed by atoms with Crippen LogP contribution in [0.5, 0.6) is 0 Å². The van der Waals surface area contributed by atoms with E-state index in [9.17, 15) is 0 Å². The number of thiocarbonyl (C=S) groups is 1. The first kappa shape index (κ1) is 17.5. The third-order valence-electron chi connectivity index (χ3n) is 5.72. The molecule has 2 fully saturated rings. The zero-order chi connectivity index (χ0) is 17.8. The standard InChI is InChI=1S/C22H27N3S/c26-22(23-15-17-7-3-1-4-8-17)24-19-13-20-11-12-21(14-19)25(20)16-18-9-5-2-6-10-18/h1-10,19-21H,11-16H2,(H2,23,24,26)/t20-,21-/m1/s1. The lowest BCUT2D eigenvalue weighted by Gasteiger charge is -2.39. The van der Waals surface area contributed by atoms with Crippen molar-refractivity contribution in [2.75, 3.05) is 0 Å². The van der Waals surface area contributed by atoms with Gasteiger partial charge in [-0.2, -0.15) is 0 Å². The largest absolute Gasteiger partial charge is 0.360 e. The molecule has 0 radical (unpaired) electrons. The van der Waals surface area contributed by atoms with Gasteiger partial charge in [-0.3, -0.25) is 4.90 Å². The Hall–Kier alpha value is -1.91. The fourth-order valence-corrected chi connectivity index (χ4v) is 4.70. The SMILES string of the molecule is S=C(NCc1ccccc1)NC1C[C@H]2CC[C@H](C1)N2Cc1ccccc1. The molecule has 3 nitrogen and oxygen atoms in total. The van der Waals surface area contributed by atoms with Gasteiger partial charge in [0.15, 0.2) is 5.11 Å². The van der Waals surface area contributed by atoms with Gasteiger partial charge in [-0.25, -0.2) is 0 Å². The third-order valence-corrected chi connectivity index (χ3v) is 5.99. The van der Waals surface area contributed by atoms with Crippen LogP contribution in [0.1, 0.15) is 36.8 Å². The second-order valence-electron chi connectivity index (χ2n) is 7.52. The minimum Gasteiger partial charge on any atom is -0.360 e. The molecule has 0 aromatic heterocycles. The average molecular weight is 366 g/mol. The molecule has 0 aliphatic carbocycles. The van der Waals surface area contributed by atoms with E-state index in [2.05, 4.69) is 70.1 Å². The van der Waals surface area contributed by atoms with Crippen LogP contribution in [0.25, 0.3) is 0 Å². The van der Waals surface area contributed by atoms with Gasteiger partial charge in [0.2, 0.25) is 0 Å². The van der Waals surface area contributed by atoms with Crippen molar-refractivity contribution in [2.45, 2.75) is 56.9 Å². The van der Waals surface area contributed by atoms with E-state index in [0.29, 0.717) is 18.1 Å². The summed E-state index contributed by atoms with van der Waals surface area (Å²) in [4.78, 5) is 2.72. The van der Waals surface area contributed by atoms with Gasteiger partial charge >= 0.3 is 0 Å². The van der Waals surface area contributed by atoms with Crippen molar-refractivity contribution in [3.8, 4) is 0 Å². The summed E-state index contributed by atoms with van der Waals surface area (Å²) in [6.07, 6.45) is 5.02. The quantitative estimate of drug-likeness (QED) is 0.787.